The van der Waals surface area contributed by atoms with Crippen LogP contribution in [0.4, 0.5) is 5.69 Å². The molecule has 0 saturated carbocycles. The number of hydrogen-bond donors (Lipinski definition) is 2. The number of rotatable bonds is 6. The van der Waals surface area contributed by atoms with Gasteiger partial charge in [0.25, 0.3) is 5.56 Å². The molecule has 0 saturated heterocycles. The van der Waals surface area contributed by atoms with Gasteiger partial charge in [-0.2, -0.15) is 0 Å². The van der Waals surface area contributed by atoms with E-state index in [0.717, 1.165) is 16.9 Å². The smallest absolute Gasteiger partial charge is 0.337 e. The highest BCUT2D eigenvalue weighted by Gasteiger charge is 2.22. The van der Waals surface area contributed by atoms with Crippen molar-refractivity contribution >= 4 is 50.7 Å². The second-order valence-corrected chi connectivity index (χ2v) is 8.44. The van der Waals surface area contributed by atoms with Crippen LogP contribution in [0.5, 0.6) is 5.75 Å². The number of fused-ring (bicyclic) bond motifs is 1. The van der Waals surface area contributed by atoms with E-state index < -0.39 is 17.4 Å². The SMILES string of the molecule is COc1cc(Cl)c(C)cc1NC(=O)Cn1c(-c2ccccc2)nc2scc(C(=O)O)c2c1=O. The molecule has 8 nitrogen and oxygen atoms in total. The fourth-order valence-electron chi connectivity index (χ4n) is 3.40. The fraction of sp³-hybridized carbons (Fsp3) is 0.130. The molecule has 4 rings (SSSR count). The molecule has 2 heterocycles. The monoisotopic (exact) mass is 483 g/mol. The predicted molar refractivity (Wildman–Crippen MR) is 128 cm³/mol. The van der Waals surface area contributed by atoms with Crippen molar-refractivity contribution in [1.29, 1.82) is 0 Å². The van der Waals surface area contributed by atoms with Gasteiger partial charge in [0.05, 0.1) is 23.7 Å². The summed E-state index contributed by atoms with van der Waals surface area (Å²) < 4.78 is 6.48. The van der Waals surface area contributed by atoms with Crippen molar-refractivity contribution in [2.75, 3.05) is 12.4 Å². The first-order chi connectivity index (χ1) is 15.8. The average Bonchev–Trinajstić information content (AvgIpc) is 3.23. The first-order valence-corrected chi connectivity index (χ1v) is 11.0. The Morgan fingerprint density at radius 2 is 1.97 bits per heavy atom. The molecule has 0 aliphatic rings. The summed E-state index contributed by atoms with van der Waals surface area (Å²) in [6, 6.07) is 12.2. The third-order valence-corrected chi connectivity index (χ3v) is 6.29. The van der Waals surface area contributed by atoms with Gasteiger partial charge in [-0.3, -0.25) is 14.2 Å². The van der Waals surface area contributed by atoms with Crippen LogP contribution in [0, 0.1) is 6.92 Å². The number of anilines is 1. The number of carboxylic acids is 1. The van der Waals surface area contributed by atoms with Gasteiger partial charge in [-0.05, 0) is 18.6 Å². The highest BCUT2D eigenvalue weighted by molar-refractivity contribution is 7.17. The van der Waals surface area contributed by atoms with Gasteiger partial charge in [0, 0.05) is 22.0 Å². The minimum atomic E-state index is -1.23. The van der Waals surface area contributed by atoms with Gasteiger partial charge in [0.15, 0.2) is 0 Å². The van der Waals surface area contributed by atoms with Gasteiger partial charge in [-0.15, -0.1) is 11.3 Å². The first-order valence-electron chi connectivity index (χ1n) is 9.75. The number of carbonyl (C=O) groups excluding carboxylic acids is 1. The van der Waals surface area contributed by atoms with Crippen LogP contribution in [0.25, 0.3) is 21.6 Å². The number of thiophene rings is 1. The normalized spacial score (nSPS) is 10.9. The third kappa shape index (κ3) is 4.33. The standard InChI is InChI=1S/C23H18ClN3O5S/c1-12-8-16(17(32-2)9-15(12)24)25-18(28)10-27-20(13-6-4-3-5-7-13)26-21-19(22(27)29)14(11-33-21)23(30)31/h3-9,11H,10H2,1-2H3,(H,25,28)(H,30,31). The molecule has 0 spiro atoms. The largest absolute Gasteiger partial charge is 0.495 e. The van der Waals surface area contributed by atoms with Crippen molar-refractivity contribution < 1.29 is 19.4 Å². The van der Waals surface area contributed by atoms with E-state index in [1.54, 1.807) is 43.3 Å². The number of hydrogen-bond acceptors (Lipinski definition) is 6. The molecule has 0 aliphatic heterocycles. The van der Waals surface area contributed by atoms with Crippen molar-refractivity contribution in [3.63, 3.8) is 0 Å². The summed E-state index contributed by atoms with van der Waals surface area (Å²) in [4.78, 5) is 42.8. The predicted octanol–water partition coefficient (Wildman–Crippen LogP) is 4.43. The van der Waals surface area contributed by atoms with Gasteiger partial charge in [0.2, 0.25) is 5.91 Å². The van der Waals surface area contributed by atoms with E-state index in [-0.39, 0.29) is 23.3 Å². The molecule has 2 N–H and O–H groups in total. The second-order valence-electron chi connectivity index (χ2n) is 7.18. The van der Waals surface area contributed by atoms with Crippen LogP contribution < -0.4 is 15.6 Å². The summed E-state index contributed by atoms with van der Waals surface area (Å²) in [5.41, 5.74) is 1.01. The van der Waals surface area contributed by atoms with Gasteiger partial charge in [0.1, 0.15) is 22.9 Å². The Morgan fingerprint density at radius 1 is 1.24 bits per heavy atom. The van der Waals surface area contributed by atoms with Gasteiger partial charge in [-0.25, -0.2) is 9.78 Å². The Hall–Kier alpha value is -3.69. The van der Waals surface area contributed by atoms with E-state index >= 15 is 0 Å². The summed E-state index contributed by atoms with van der Waals surface area (Å²) in [6.07, 6.45) is 0. The van der Waals surface area contributed by atoms with Crippen molar-refractivity contribution in [2.45, 2.75) is 13.5 Å². The Morgan fingerprint density at radius 3 is 2.64 bits per heavy atom. The Bertz CT molecular complexity index is 1450. The Balaban J connectivity index is 1.81. The van der Waals surface area contributed by atoms with Gasteiger partial charge in [-0.1, -0.05) is 41.9 Å². The lowest BCUT2D eigenvalue weighted by atomic mass is 10.2. The highest BCUT2D eigenvalue weighted by Crippen LogP contribution is 2.31. The number of carbonyl (C=O) groups is 2. The number of amides is 1. The highest BCUT2D eigenvalue weighted by atomic mass is 35.5. The number of methoxy groups -OCH3 is 1. The van der Waals surface area contributed by atoms with E-state index in [0.29, 0.717) is 26.9 Å². The molecule has 0 fully saturated rings. The maximum Gasteiger partial charge on any atom is 0.337 e. The molecule has 2 aromatic carbocycles. The van der Waals surface area contributed by atoms with Crippen LogP contribution in [-0.2, 0) is 11.3 Å². The molecule has 0 atom stereocenters. The van der Waals surface area contributed by atoms with Gasteiger partial charge < -0.3 is 15.2 Å². The number of aryl methyl sites for hydroxylation is 1. The van der Waals surface area contributed by atoms with Crippen molar-refractivity contribution in [3.05, 3.63) is 74.3 Å². The number of halogens is 1. The first kappa shape index (κ1) is 22.5. The molecule has 1 amide bonds. The Labute approximate surface area is 197 Å². The van der Waals surface area contributed by atoms with E-state index in [1.165, 1.54) is 17.1 Å². The zero-order valence-electron chi connectivity index (χ0n) is 17.6. The van der Waals surface area contributed by atoms with E-state index in [2.05, 4.69) is 10.3 Å². The van der Waals surface area contributed by atoms with Crippen LogP contribution >= 0.6 is 22.9 Å². The summed E-state index contributed by atoms with van der Waals surface area (Å²) in [5, 5.41) is 14.1. The number of aromatic nitrogens is 2. The van der Waals surface area contributed by atoms with Crippen LogP contribution in [0.2, 0.25) is 5.02 Å². The number of benzene rings is 2. The van der Waals surface area contributed by atoms with E-state index in [4.69, 9.17) is 16.3 Å². The minimum Gasteiger partial charge on any atom is -0.495 e. The lowest BCUT2D eigenvalue weighted by Gasteiger charge is -2.15. The summed E-state index contributed by atoms with van der Waals surface area (Å²) in [7, 11) is 1.45. The maximum absolute atomic E-state index is 13.4. The molecule has 168 valence electrons. The zero-order valence-corrected chi connectivity index (χ0v) is 19.2. The number of aromatic carboxylic acids is 1. The van der Waals surface area contributed by atoms with Crippen LogP contribution in [0.1, 0.15) is 15.9 Å². The Kier molecular flexibility index (Phi) is 6.17. The molecule has 0 radical (unpaired) electrons. The molecule has 33 heavy (non-hydrogen) atoms. The van der Waals surface area contributed by atoms with Crippen LogP contribution in [0.15, 0.2) is 52.6 Å². The molecule has 4 aromatic rings. The fourth-order valence-corrected chi connectivity index (χ4v) is 4.46. The van der Waals surface area contributed by atoms with Crippen LogP contribution in [-0.4, -0.2) is 33.6 Å². The maximum atomic E-state index is 13.4. The summed E-state index contributed by atoms with van der Waals surface area (Å²) >= 11 is 7.20. The van der Waals surface area contributed by atoms with E-state index in [9.17, 15) is 19.5 Å². The molecular weight excluding hydrogens is 466 g/mol. The number of ether oxygens (including phenoxy) is 1. The lowest BCUT2D eigenvalue weighted by Crippen LogP contribution is -2.30. The van der Waals surface area contributed by atoms with Crippen LogP contribution in [0.3, 0.4) is 0 Å². The van der Waals surface area contributed by atoms with Crippen molar-refractivity contribution in [3.8, 4) is 17.1 Å². The summed E-state index contributed by atoms with van der Waals surface area (Å²) in [5.74, 6) is -1.11. The molecule has 2 aromatic heterocycles. The molecular formula is C23H18ClN3O5S. The third-order valence-electron chi connectivity index (χ3n) is 5.01. The van der Waals surface area contributed by atoms with Gasteiger partial charge >= 0.3 is 5.97 Å². The second kappa shape index (κ2) is 9.05. The van der Waals surface area contributed by atoms with Crippen molar-refractivity contribution in [1.82, 2.24) is 9.55 Å². The van der Waals surface area contributed by atoms with Crippen molar-refractivity contribution in [2.24, 2.45) is 0 Å². The molecule has 0 aliphatic carbocycles. The summed E-state index contributed by atoms with van der Waals surface area (Å²) in [6.45, 7) is 1.41. The number of nitrogens with one attached hydrogen (secondary N) is 1. The zero-order chi connectivity index (χ0) is 23.7. The molecule has 10 heteroatoms. The molecule has 0 unspecified atom stereocenters. The molecule has 0 bridgehead atoms. The quantitative estimate of drug-likeness (QED) is 0.419. The lowest BCUT2D eigenvalue weighted by molar-refractivity contribution is -0.116. The number of carboxylic acid groups (broad SMARTS) is 1. The average molecular weight is 484 g/mol. The number of nitrogens with zero attached hydrogens (tertiary/aromatic N) is 2. The van der Waals surface area contributed by atoms with E-state index in [1.807, 2.05) is 6.07 Å². The minimum absolute atomic E-state index is 0.0279. The topological polar surface area (TPSA) is 111 Å².